The van der Waals surface area contributed by atoms with Gasteiger partial charge in [0.2, 0.25) is 0 Å². The van der Waals surface area contributed by atoms with E-state index in [0.29, 0.717) is 50.6 Å². The van der Waals surface area contributed by atoms with Gasteiger partial charge in [0.1, 0.15) is 0 Å². The number of anilines is 1. The number of rotatable bonds is 8. The van der Waals surface area contributed by atoms with Crippen LogP contribution >= 0.6 is 0 Å². The van der Waals surface area contributed by atoms with Crippen LogP contribution in [-0.4, -0.2) is 24.0 Å². The molecule has 0 aliphatic heterocycles. The van der Waals surface area contributed by atoms with Crippen molar-refractivity contribution >= 4 is 66.7 Å². The first kappa shape index (κ1) is 28.9. The third kappa shape index (κ3) is 6.98. The van der Waals surface area contributed by atoms with Crippen LogP contribution in [-0.2, 0) is 10.1 Å². The maximum Gasteiger partial charge on any atom is 0.335 e. The van der Waals surface area contributed by atoms with E-state index < -0.39 is 16.1 Å². The van der Waals surface area contributed by atoms with Crippen molar-refractivity contribution < 1.29 is 22.9 Å². The molecule has 214 valence electrons. The summed E-state index contributed by atoms with van der Waals surface area (Å²) in [6.45, 7) is 1.83. The van der Waals surface area contributed by atoms with E-state index in [9.17, 15) is 17.8 Å². The largest absolute Gasteiger partial charge is 0.478 e. The zero-order valence-corrected chi connectivity index (χ0v) is 23.3. The van der Waals surface area contributed by atoms with Crippen molar-refractivity contribution in [2.75, 3.05) is 5.73 Å². The molecule has 0 spiro atoms. The number of azo groups is 3. The zero-order valence-electron chi connectivity index (χ0n) is 22.5. The molecule has 0 fully saturated rings. The highest BCUT2D eigenvalue weighted by Gasteiger charge is 2.14. The molecule has 12 nitrogen and oxygen atoms in total. The summed E-state index contributed by atoms with van der Waals surface area (Å²) in [5.41, 5.74) is 10.2. The SMILES string of the molecule is Cc1cc(N=Nc2ccc(N=Nc3ccc(N)cc3)c3ccc(S(=O)(=O)O)cc23)ccc1N=Nc1ccc(C(=O)O)cc1. The number of nitrogen functional groups attached to an aromatic ring is 1. The number of nitrogens with zero attached hydrogens (tertiary/aromatic N) is 6. The van der Waals surface area contributed by atoms with E-state index in [4.69, 9.17) is 10.8 Å². The number of nitrogens with two attached hydrogens (primary N) is 1. The van der Waals surface area contributed by atoms with Crippen LogP contribution in [0.25, 0.3) is 10.8 Å². The Kier molecular flexibility index (Phi) is 8.09. The van der Waals surface area contributed by atoms with Crippen molar-refractivity contribution in [1.29, 1.82) is 0 Å². The maximum absolute atomic E-state index is 11.9. The van der Waals surface area contributed by atoms with Crippen molar-refractivity contribution in [2.24, 2.45) is 30.7 Å². The molecule has 0 aliphatic carbocycles. The molecular formula is C30H23N7O5S. The van der Waals surface area contributed by atoms with Gasteiger partial charge in [0.25, 0.3) is 10.1 Å². The number of carboxylic acids is 1. The Hall–Kier alpha value is -5.66. The fourth-order valence-corrected chi connectivity index (χ4v) is 4.50. The minimum absolute atomic E-state index is 0.157. The Morgan fingerprint density at radius 1 is 0.628 bits per heavy atom. The lowest BCUT2D eigenvalue weighted by Gasteiger charge is -2.07. The topological polar surface area (TPSA) is 192 Å². The second-order valence-electron chi connectivity index (χ2n) is 9.30. The standard InChI is InChI=1S/C30H23N7O5S/c1-18-16-23(10-13-27(18)35-32-21-6-2-19(3-7-21)30(38)39)34-37-29-15-14-28(36-33-22-8-4-20(31)5-9-22)25-12-11-24(17-26(25)29)43(40,41)42/h2-17H,31H2,1H3,(H,38,39)(H,40,41,42). The average molecular weight is 594 g/mol. The summed E-state index contributed by atoms with van der Waals surface area (Å²) in [5.74, 6) is -1.02. The van der Waals surface area contributed by atoms with Gasteiger partial charge in [-0.25, -0.2) is 4.79 Å². The van der Waals surface area contributed by atoms with Crippen molar-refractivity contribution in [1.82, 2.24) is 0 Å². The molecule has 0 heterocycles. The predicted octanol–water partition coefficient (Wildman–Crippen LogP) is 8.92. The van der Waals surface area contributed by atoms with Gasteiger partial charge in [0.05, 0.1) is 44.6 Å². The third-order valence-corrected chi connectivity index (χ3v) is 7.10. The van der Waals surface area contributed by atoms with Crippen molar-refractivity contribution in [3.8, 4) is 0 Å². The number of fused-ring (bicyclic) bond motifs is 1. The van der Waals surface area contributed by atoms with Gasteiger partial charge in [-0.1, -0.05) is 6.07 Å². The van der Waals surface area contributed by atoms with Crippen LogP contribution < -0.4 is 5.73 Å². The maximum atomic E-state index is 11.9. The first-order chi connectivity index (χ1) is 20.6. The van der Waals surface area contributed by atoms with Gasteiger partial charge in [0, 0.05) is 16.5 Å². The van der Waals surface area contributed by atoms with Gasteiger partial charge in [-0.3, -0.25) is 4.55 Å². The van der Waals surface area contributed by atoms with Crippen LogP contribution in [0.3, 0.4) is 0 Å². The fourth-order valence-electron chi connectivity index (χ4n) is 3.99. The molecule has 0 aromatic heterocycles. The lowest BCUT2D eigenvalue weighted by Crippen LogP contribution is -1.97. The summed E-state index contributed by atoms with van der Waals surface area (Å²) >= 11 is 0. The highest BCUT2D eigenvalue weighted by molar-refractivity contribution is 7.85. The summed E-state index contributed by atoms with van der Waals surface area (Å²) in [4.78, 5) is 10.7. The van der Waals surface area contributed by atoms with Crippen molar-refractivity contribution in [2.45, 2.75) is 11.8 Å². The molecule has 0 amide bonds. The summed E-state index contributed by atoms with van der Waals surface area (Å²) in [7, 11) is -4.48. The van der Waals surface area contributed by atoms with Crippen molar-refractivity contribution in [3.63, 3.8) is 0 Å². The van der Waals surface area contributed by atoms with Crippen LogP contribution in [0.2, 0.25) is 0 Å². The Labute approximate surface area is 245 Å². The first-order valence-corrected chi connectivity index (χ1v) is 14.1. The molecular weight excluding hydrogens is 570 g/mol. The van der Waals surface area contributed by atoms with E-state index in [0.717, 1.165) is 5.56 Å². The van der Waals surface area contributed by atoms with Crippen LogP contribution in [0.1, 0.15) is 15.9 Å². The molecule has 0 saturated carbocycles. The van der Waals surface area contributed by atoms with E-state index in [-0.39, 0.29) is 10.5 Å². The third-order valence-electron chi connectivity index (χ3n) is 6.25. The number of hydrogen-bond donors (Lipinski definition) is 3. The molecule has 0 radical (unpaired) electrons. The lowest BCUT2D eigenvalue weighted by atomic mass is 10.1. The molecule has 0 bridgehead atoms. The number of benzene rings is 5. The van der Waals surface area contributed by atoms with Gasteiger partial charge in [0.15, 0.2) is 0 Å². The van der Waals surface area contributed by atoms with Crippen LogP contribution in [0.5, 0.6) is 0 Å². The molecule has 0 atom stereocenters. The van der Waals surface area contributed by atoms with Crippen LogP contribution in [0, 0.1) is 6.92 Å². The summed E-state index contributed by atoms with van der Waals surface area (Å²) in [5, 5.41) is 35.6. The summed E-state index contributed by atoms with van der Waals surface area (Å²) < 4.78 is 33.3. The van der Waals surface area contributed by atoms with Gasteiger partial charge in [-0.05, 0) is 103 Å². The van der Waals surface area contributed by atoms with Gasteiger partial charge in [-0.15, -0.1) is 10.2 Å². The fraction of sp³-hybridized carbons (Fsp3) is 0.0333. The number of carboxylic acid groups (broad SMARTS) is 1. The second-order valence-corrected chi connectivity index (χ2v) is 10.7. The van der Waals surface area contributed by atoms with Gasteiger partial charge < -0.3 is 10.8 Å². The predicted molar refractivity (Wildman–Crippen MR) is 162 cm³/mol. The average Bonchev–Trinajstić information content (AvgIpc) is 2.99. The number of hydrogen-bond acceptors (Lipinski definition) is 10. The molecule has 5 aromatic rings. The molecule has 0 unspecified atom stereocenters. The normalized spacial score (nSPS) is 12.1. The molecule has 13 heteroatoms. The summed E-state index contributed by atoms with van der Waals surface area (Å²) in [6, 6.07) is 25.4. The molecule has 5 rings (SSSR count). The van der Waals surface area contributed by atoms with E-state index in [2.05, 4.69) is 30.7 Å². The monoisotopic (exact) mass is 593 g/mol. The quantitative estimate of drug-likeness (QED) is 0.0912. The lowest BCUT2D eigenvalue weighted by molar-refractivity contribution is 0.0697. The molecule has 4 N–H and O–H groups in total. The van der Waals surface area contributed by atoms with E-state index in [1.807, 2.05) is 6.92 Å². The Morgan fingerprint density at radius 3 is 1.72 bits per heavy atom. The van der Waals surface area contributed by atoms with E-state index >= 15 is 0 Å². The van der Waals surface area contributed by atoms with E-state index in [1.165, 1.54) is 30.3 Å². The Balaban J connectivity index is 1.44. The van der Waals surface area contributed by atoms with Crippen molar-refractivity contribution in [3.05, 3.63) is 108 Å². The minimum Gasteiger partial charge on any atom is -0.478 e. The van der Waals surface area contributed by atoms with Gasteiger partial charge >= 0.3 is 5.97 Å². The Morgan fingerprint density at radius 2 is 1.14 bits per heavy atom. The second kappa shape index (κ2) is 12.1. The highest BCUT2D eigenvalue weighted by Crippen LogP contribution is 2.37. The number of aromatic carboxylic acids is 1. The van der Waals surface area contributed by atoms with E-state index in [1.54, 1.807) is 66.7 Å². The van der Waals surface area contributed by atoms with Crippen LogP contribution in [0.4, 0.5) is 39.8 Å². The molecule has 5 aromatic carbocycles. The minimum atomic E-state index is -4.48. The zero-order chi connectivity index (χ0) is 30.6. The Bertz CT molecular complexity index is 2040. The highest BCUT2D eigenvalue weighted by atomic mass is 32.2. The number of carbonyl (C=O) groups is 1. The van der Waals surface area contributed by atoms with Gasteiger partial charge in [-0.2, -0.15) is 28.9 Å². The smallest absolute Gasteiger partial charge is 0.335 e. The molecule has 0 aliphatic rings. The number of aryl methyl sites for hydroxylation is 1. The molecule has 0 saturated heterocycles. The van der Waals surface area contributed by atoms with Crippen LogP contribution in [0.15, 0.2) is 133 Å². The first-order valence-electron chi connectivity index (χ1n) is 12.7. The molecule has 43 heavy (non-hydrogen) atoms. The summed E-state index contributed by atoms with van der Waals surface area (Å²) in [6.07, 6.45) is 0.